The van der Waals surface area contributed by atoms with Crippen LogP contribution in [0.25, 0.3) is 10.9 Å². The van der Waals surface area contributed by atoms with Crippen molar-refractivity contribution in [1.29, 1.82) is 0 Å². The average molecular weight is 236 g/mol. The number of aromatic nitrogens is 2. The van der Waals surface area contributed by atoms with Gasteiger partial charge in [0.05, 0.1) is 18.3 Å². The van der Waals surface area contributed by atoms with Crippen LogP contribution in [0.4, 0.5) is 0 Å². The first-order valence-electron chi connectivity index (χ1n) is 6.35. The van der Waals surface area contributed by atoms with E-state index >= 15 is 0 Å². The maximum atomic E-state index is 4.48. The van der Waals surface area contributed by atoms with Crippen LogP contribution in [0.5, 0.6) is 0 Å². The Morgan fingerprint density at radius 2 is 1.83 bits per heavy atom. The van der Waals surface area contributed by atoms with E-state index < -0.39 is 0 Å². The molecule has 0 atom stereocenters. The SMILES string of the molecule is CCc1ccc2cnn(Cc3ccccc3)c2c1. The van der Waals surface area contributed by atoms with Crippen molar-refractivity contribution < 1.29 is 0 Å². The summed E-state index contributed by atoms with van der Waals surface area (Å²) in [5.74, 6) is 0. The van der Waals surface area contributed by atoms with Crippen LogP contribution in [0.3, 0.4) is 0 Å². The number of aryl methyl sites for hydroxylation is 1. The molecule has 1 heterocycles. The molecule has 0 radical (unpaired) electrons. The molecule has 0 bridgehead atoms. The molecule has 0 N–H and O–H groups in total. The van der Waals surface area contributed by atoms with Crippen LogP contribution in [-0.2, 0) is 13.0 Å². The number of hydrogen-bond acceptors (Lipinski definition) is 1. The predicted molar refractivity (Wildman–Crippen MR) is 74.7 cm³/mol. The highest BCUT2D eigenvalue weighted by Gasteiger charge is 2.03. The van der Waals surface area contributed by atoms with Crippen LogP contribution in [0, 0.1) is 0 Å². The Labute approximate surface area is 107 Å². The minimum atomic E-state index is 0.831. The van der Waals surface area contributed by atoms with Crippen molar-refractivity contribution in [1.82, 2.24) is 9.78 Å². The number of nitrogens with zero attached hydrogens (tertiary/aromatic N) is 2. The van der Waals surface area contributed by atoms with Gasteiger partial charge in [-0.2, -0.15) is 5.10 Å². The summed E-state index contributed by atoms with van der Waals surface area (Å²) >= 11 is 0. The molecule has 0 amide bonds. The normalized spacial score (nSPS) is 10.9. The van der Waals surface area contributed by atoms with Crippen LogP contribution in [0.2, 0.25) is 0 Å². The standard InChI is InChI=1S/C16H16N2/c1-2-13-8-9-15-11-17-18(16(15)10-13)12-14-6-4-3-5-7-14/h3-11H,2,12H2,1H3. The molecule has 2 nitrogen and oxygen atoms in total. The second-order valence-corrected chi connectivity index (χ2v) is 4.53. The highest BCUT2D eigenvalue weighted by Crippen LogP contribution is 2.17. The van der Waals surface area contributed by atoms with Crippen molar-refractivity contribution in [3.05, 3.63) is 65.9 Å². The van der Waals surface area contributed by atoms with E-state index in [4.69, 9.17) is 0 Å². The van der Waals surface area contributed by atoms with Gasteiger partial charge in [-0.05, 0) is 23.6 Å². The van der Waals surface area contributed by atoms with Crippen molar-refractivity contribution in [2.45, 2.75) is 19.9 Å². The Balaban J connectivity index is 2.01. The summed E-state index contributed by atoms with van der Waals surface area (Å²) in [6, 6.07) is 17.0. The second-order valence-electron chi connectivity index (χ2n) is 4.53. The average Bonchev–Trinajstić information content (AvgIpc) is 2.82. The molecule has 1 aromatic heterocycles. The lowest BCUT2D eigenvalue weighted by Crippen LogP contribution is -2.01. The molecule has 18 heavy (non-hydrogen) atoms. The fraction of sp³-hybridized carbons (Fsp3) is 0.188. The summed E-state index contributed by atoms with van der Waals surface area (Å²) in [5, 5.41) is 5.69. The van der Waals surface area contributed by atoms with Gasteiger partial charge in [-0.3, -0.25) is 4.68 Å². The minimum absolute atomic E-state index is 0.831. The summed E-state index contributed by atoms with van der Waals surface area (Å²) in [4.78, 5) is 0. The number of fused-ring (bicyclic) bond motifs is 1. The summed E-state index contributed by atoms with van der Waals surface area (Å²) in [7, 11) is 0. The Bertz CT molecular complexity index is 653. The fourth-order valence-electron chi connectivity index (χ4n) is 2.22. The number of hydrogen-bond donors (Lipinski definition) is 0. The maximum Gasteiger partial charge on any atom is 0.0689 e. The second kappa shape index (κ2) is 4.65. The molecular weight excluding hydrogens is 220 g/mol. The molecule has 0 saturated heterocycles. The molecular formula is C16H16N2. The van der Waals surface area contributed by atoms with E-state index in [2.05, 4.69) is 59.2 Å². The van der Waals surface area contributed by atoms with Crippen LogP contribution < -0.4 is 0 Å². The topological polar surface area (TPSA) is 17.8 Å². The third-order valence-corrected chi connectivity index (χ3v) is 3.29. The van der Waals surface area contributed by atoms with Gasteiger partial charge in [0.2, 0.25) is 0 Å². The van der Waals surface area contributed by atoms with Crippen molar-refractivity contribution in [2.24, 2.45) is 0 Å². The minimum Gasteiger partial charge on any atom is -0.260 e. The third-order valence-electron chi connectivity index (χ3n) is 3.29. The first-order chi connectivity index (χ1) is 8.86. The van der Waals surface area contributed by atoms with E-state index in [0.29, 0.717) is 0 Å². The highest BCUT2D eigenvalue weighted by molar-refractivity contribution is 5.79. The van der Waals surface area contributed by atoms with Gasteiger partial charge < -0.3 is 0 Å². The lowest BCUT2D eigenvalue weighted by Gasteiger charge is -2.05. The first-order valence-corrected chi connectivity index (χ1v) is 6.35. The van der Waals surface area contributed by atoms with Crippen molar-refractivity contribution >= 4 is 10.9 Å². The number of rotatable bonds is 3. The van der Waals surface area contributed by atoms with Crippen LogP contribution in [0.15, 0.2) is 54.7 Å². The van der Waals surface area contributed by atoms with Gasteiger partial charge >= 0.3 is 0 Å². The molecule has 0 fully saturated rings. The van der Waals surface area contributed by atoms with E-state index in [1.807, 2.05) is 12.3 Å². The zero-order chi connectivity index (χ0) is 12.4. The van der Waals surface area contributed by atoms with Gasteiger partial charge in [0.15, 0.2) is 0 Å². The summed E-state index contributed by atoms with van der Waals surface area (Å²) < 4.78 is 2.07. The molecule has 0 spiro atoms. The molecule has 0 saturated carbocycles. The molecule has 2 aromatic carbocycles. The van der Waals surface area contributed by atoms with Crippen LogP contribution in [0.1, 0.15) is 18.1 Å². The largest absolute Gasteiger partial charge is 0.260 e. The molecule has 2 heteroatoms. The zero-order valence-electron chi connectivity index (χ0n) is 10.5. The Hall–Kier alpha value is -2.09. The summed E-state index contributed by atoms with van der Waals surface area (Å²) in [5.41, 5.74) is 3.86. The first kappa shape index (κ1) is 11.0. The Morgan fingerprint density at radius 3 is 2.61 bits per heavy atom. The maximum absolute atomic E-state index is 4.48. The number of benzene rings is 2. The highest BCUT2D eigenvalue weighted by atomic mass is 15.3. The van der Waals surface area contributed by atoms with Crippen molar-refractivity contribution in [3.63, 3.8) is 0 Å². The van der Waals surface area contributed by atoms with E-state index in [0.717, 1.165) is 13.0 Å². The van der Waals surface area contributed by atoms with E-state index in [-0.39, 0.29) is 0 Å². The molecule has 0 aliphatic carbocycles. The van der Waals surface area contributed by atoms with Gasteiger partial charge in [-0.15, -0.1) is 0 Å². The van der Waals surface area contributed by atoms with Gasteiger partial charge in [0.1, 0.15) is 0 Å². The van der Waals surface area contributed by atoms with Gasteiger partial charge in [-0.25, -0.2) is 0 Å². The van der Waals surface area contributed by atoms with Gasteiger partial charge in [-0.1, -0.05) is 49.4 Å². The van der Waals surface area contributed by atoms with Gasteiger partial charge in [0.25, 0.3) is 0 Å². The van der Waals surface area contributed by atoms with Crippen molar-refractivity contribution in [2.75, 3.05) is 0 Å². The van der Waals surface area contributed by atoms with Crippen LogP contribution in [-0.4, -0.2) is 9.78 Å². The van der Waals surface area contributed by atoms with E-state index in [9.17, 15) is 0 Å². The lowest BCUT2D eigenvalue weighted by atomic mass is 10.1. The van der Waals surface area contributed by atoms with Crippen molar-refractivity contribution in [3.8, 4) is 0 Å². The zero-order valence-corrected chi connectivity index (χ0v) is 10.5. The molecule has 0 unspecified atom stereocenters. The quantitative estimate of drug-likeness (QED) is 0.678. The molecule has 3 aromatic rings. The Kier molecular flexibility index (Phi) is 2.85. The van der Waals surface area contributed by atoms with Crippen LogP contribution >= 0.6 is 0 Å². The smallest absolute Gasteiger partial charge is 0.0689 e. The lowest BCUT2D eigenvalue weighted by molar-refractivity contribution is 0.712. The Morgan fingerprint density at radius 1 is 1.00 bits per heavy atom. The summed E-state index contributed by atoms with van der Waals surface area (Å²) in [6.45, 7) is 3.01. The molecule has 0 aliphatic rings. The van der Waals surface area contributed by atoms with E-state index in [1.165, 1.54) is 22.0 Å². The molecule has 90 valence electrons. The summed E-state index contributed by atoms with van der Waals surface area (Å²) in [6.07, 6.45) is 3.00. The van der Waals surface area contributed by atoms with Gasteiger partial charge in [0, 0.05) is 5.39 Å². The van der Waals surface area contributed by atoms with E-state index in [1.54, 1.807) is 0 Å². The predicted octanol–water partition coefficient (Wildman–Crippen LogP) is 3.65. The molecule has 3 rings (SSSR count). The monoisotopic (exact) mass is 236 g/mol. The molecule has 0 aliphatic heterocycles. The fourth-order valence-corrected chi connectivity index (χ4v) is 2.22. The third kappa shape index (κ3) is 2.02.